The fraction of sp³-hybridized carbons (Fsp3) is 0.692. The Labute approximate surface area is 118 Å². The Balaban J connectivity index is 2.68. The fourth-order valence-corrected chi connectivity index (χ4v) is 3.06. The molecular weight excluding hydrogens is 262 g/mol. The molecule has 0 aromatic carbocycles. The molecule has 0 saturated carbocycles. The smallest absolute Gasteiger partial charge is 0.316 e. The van der Waals surface area contributed by atoms with Gasteiger partial charge in [0.1, 0.15) is 11.4 Å². The molecule has 6 heteroatoms. The number of nitrogens with one attached hydrogen (secondary N) is 2. The number of unbranched alkanes of at least 4 members (excludes halogenated alkanes) is 1. The van der Waals surface area contributed by atoms with Crippen LogP contribution in [0.5, 0.6) is 0 Å². The molecule has 0 aliphatic carbocycles. The molecule has 4 N–H and O–H groups in total. The van der Waals surface area contributed by atoms with Gasteiger partial charge in [-0.3, -0.25) is 0 Å². The quantitative estimate of drug-likeness (QED) is 0.622. The number of hydrogen-bond acceptors (Lipinski definition) is 4. The highest BCUT2D eigenvalue weighted by Gasteiger charge is 2.41. The van der Waals surface area contributed by atoms with E-state index in [1.54, 1.807) is 25.6 Å². The van der Waals surface area contributed by atoms with Crippen LogP contribution in [0, 0.1) is 0 Å². The van der Waals surface area contributed by atoms with Gasteiger partial charge in [0, 0.05) is 11.3 Å². The normalized spacial score (nSPS) is 27.1. The molecule has 0 aromatic heterocycles. The van der Waals surface area contributed by atoms with Crippen LogP contribution in [0.2, 0.25) is 0 Å². The second-order valence-corrected chi connectivity index (χ2v) is 6.29. The van der Waals surface area contributed by atoms with Crippen molar-refractivity contribution in [3.05, 3.63) is 11.0 Å². The first kappa shape index (κ1) is 16.0. The number of nitrogens with two attached hydrogens (primary N) is 1. The molecule has 5 nitrogen and oxygen atoms in total. The summed E-state index contributed by atoms with van der Waals surface area (Å²) in [5.41, 5.74) is 5.32. The number of carbonyl (C=O) groups is 2. The van der Waals surface area contributed by atoms with E-state index in [4.69, 9.17) is 5.73 Å². The lowest BCUT2D eigenvalue weighted by atomic mass is 10.0. The molecule has 1 aliphatic heterocycles. The van der Waals surface area contributed by atoms with Crippen molar-refractivity contribution in [2.24, 2.45) is 5.73 Å². The van der Waals surface area contributed by atoms with E-state index in [-0.39, 0.29) is 17.9 Å². The molecule has 2 amide bonds. The first-order chi connectivity index (χ1) is 8.86. The molecular formula is C13H23N3O2S. The summed E-state index contributed by atoms with van der Waals surface area (Å²) < 4.78 is 0. The zero-order chi connectivity index (χ0) is 14.5. The van der Waals surface area contributed by atoms with Crippen LogP contribution in [-0.4, -0.2) is 29.3 Å². The van der Waals surface area contributed by atoms with Gasteiger partial charge in [0.25, 0.3) is 0 Å². The molecule has 19 heavy (non-hydrogen) atoms. The van der Waals surface area contributed by atoms with Crippen LogP contribution in [0.15, 0.2) is 11.0 Å². The van der Waals surface area contributed by atoms with E-state index in [2.05, 4.69) is 23.6 Å². The Morgan fingerprint density at radius 3 is 2.74 bits per heavy atom. The number of carbonyl (C=O) groups excluding carboxylic acids is 2. The van der Waals surface area contributed by atoms with Crippen LogP contribution in [0.4, 0.5) is 4.79 Å². The minimum absolute atomic E-state index is 0.206. The van der Waals surface area contributed by atoms with Crippen molar-refractivity contribution in [1.82, 2.24) is 10.6 Å². The molecule has 2 atom stereocenters. The Kier molecular flexibility index (Phi) is 5.87. The van der Waals surface area contributed by atoms with Crippen LogP contribution < -0.4 is 16.4 Å². The minimum atomic E-state index is -0.772. The Morgan fingerprint density at radius 1 is 1.58 bits per heavy atom. The second-order valence-electron chi connectivity index (χ2n) is 4.95. The largest absolute Gasteiger partial charge is 0.327 e. The topological polar surface area (TPSA) is 84.2 Å². The number of thioether (sulfide) groups is 1. The number of ketones is 1. The van der Waals surface area contributed by atoms with Gasteiger partial charge >= 0.3 is 6.03 Å². The molecule has 0 unspecified atom stereocenters. The minimum Gasteiger partial charge on any atom is -0.327 e. The van der Waals surface area contributed by atoms with Crippen molar-refractivity contribution in [2.75, 3.05) is 5.75 Å². The summed E-state index contributed by atoms with van der Waals surface area (Å²) in [5, 5.41) is 5.56. The van der Waals surface area contributed by atoms with Crippen molar-refractivity contribution in [3.63, 3.8) is 0 Å². The van der Waals surface area contributed by atoms with E-state index in [0.29, 0.717) is 6.42 Å². The first-order valence-corrected chi connectivity index (χ1v) is 7.55. The standard InChI is InChI=1S/C13H23N3O2S/c1-4-19-10(8-6-5-7-9(2)17)11-13(3,14)16-12(18)15-11/h8,11H,4-7,14H2,1-3H3,(H2,15,16,18)/b10-8-/t11-,13+/m1/s1. The van der Waals surface area contributed by atoms with Crippen LogP contribution in [-0.2, 0) is 4.79 Å². The zero-order valence-electron chi connectivity index (χ0n) is 11.8. The first-order valence-electron chi connectivity index (χ1n) is 6.56. The number of allylic oxidation sites excluding steroid dienone is 1. The Bertz CT molecular complexity index is 380. The van der Waals surface area contributed by atoms with Crippen LogP contribution >= 0.6 is 11.8 Å². The van der Waals surface area contributed by atoms with E-state index >= 15 is 0 Å². The maximum absolute atomic E-state index is 11.4. The average molecular weight is 285 g/mol. The predicted octanol–water partition coefficient (Wildman–Crippen LogP) is 1.74. The Hall–Kier alpha value is -1.01. The summed E-state index contributed by atoms with van der Waals surface area (Å²) in [4.78, 5) is 23.4. The molecule has 1 aliphatic rings. The van der Waals surface area contributed by atoms with Gasteiger partial charge in [0.2, 0.25) is 0 Å². The summed E-state index contributed by atoms with van der Waals surface area (Å²) in [6.07, 6.45) is 4.33. The molecule has 0 spiro atoms. The lowest BCUT2D eigenvalue weighted by Gasteiger charge is -2.27. The van der Waals surface area contributed by atoms with Crippen molar-refractivity contribution < 1.29 is 9.59 Å². The third kappa shape index (κ3) is 4.87. The summed E-state index contributed by atoms with van der Waals surface area (Å²) in [6, 6.07) is -0.441. The number of amides is 2. The van der Waals surface area contributed by atoms with Crippen molar-refractivity contribution in [1.29, 1.82) is 0 Å². The number of Topliss-reactive ketones (excluding diaryl/α,β-unsaturated/α-hetero) is 1. The van der Waals surface area contributed by atoms with Gasteiger partial charge in [-0.25, -0.2) is 4.79 Å². The maximum atomic E-state index is 11.4. The van der Waals surface area contributed by atoms with Crippen molar-refractivity contribution in [2.45, 2.75) is 51.7 Å². The number of hydrogen-bond donors (Lipinski definition) is 3. The third-order valence-corrected chi connectivity index (χ3v) is 3.96. The maximum Gasteiger partial charge on any atom is 0.316 e. The zero-order valence-corrected chi connectivity index (χ0v) is 12.6. The molecule has 108 valence electrons. The van der Waals surface area contributed by atoms with Crippen molar-refractivity contribution >= 4 is 23.6 Å². The summed E-state index contributed by atoms with van der Waals surface area (Å²) in [6.45, 7) is 5.46. The molecule has 1 fully saturated rings. The lowest BCUT2D eigenvalue weighted by Crippen LogP contribution is -2.55. The average Bonchev–Trinajstić information content (AvgIpc) is 2.56. The second kappa shape index (κ2) is 6.96. The van der Waals surface area contributed by atoms with Crippen LogP contribution in [0.25, 0.3) is 0 Å². The lowest BCUT2D eigenvalue weighted by molar-refractivity contribution is -0.117. The molecule has 0 aromatic rings. The molecule has 1 saturated heterocycles. The van der Waals surface area contributed by atoms with Gasteiger partial charge in [-0.1, -0.05) is 13.0 Å². The number of rotatable bonds is 7. The van der Waals surface area contributed by atoms with E-state index in [1.807, 2.05) is 0 Å². The van der Waals surface area contributed by atoms with Crippen LogP contribution in [0.1, 0.15) is 40.0 Å². The highest BCUT2D eigenvalue weighted by Crippen LogP contribution is 2.27. The van der Waals surface area contributed by atoms with E-state index in [0.717, 1.165) is 23.5 Å². The van der Waals surface area contributed by atoms with E-state index in [1.165, 1.54) is 0 Å². The predicted molar refractivity (Wildman–Crippen MR) is 78.8 cm³/mol. The fourth-order valence-electron chi connectivity index (χ4n) is 2.02. The highest BCUT2D eigenvalue weighted by molar-refractivity contribution is 8.03. The van der Waals surface area contributed by atoms with Gasteiger partial charge in [-0.2, -0.15) is 0 Å². The molecule has 1 rings (SSSR count). The van der Waals surface area contributed by atoms with E-state index in [9.17, 15) is 9.59 Å². The SMILES string of the molecule is CCS/C(=C\CCCC(C)=O)[C@H]1NC(=O)N[C@]1(C)N. The van der Waals surface area contributed by atoms with Crippen molar-refractivity contribution in [3.8, 4) is 0 Å². The molecule has 0 radical (unpaired) electrons. The number of urea groups is 1. The summed E-state index contributed by atoms with van der Waals surface area (Å²) >= 11 is 1.68. The summed E-state index contributed by atoms with van der Waals surface area (Å²) in [7, 11) is 0. The molecule has 0 bridgehead atoms. The van der Waals surface area contributed by atoms with E-state index < -0.39 is 5.66 Å². The monoisotopic (exact) mass is 285 g/mol. The van der Waals surface area contributed by atoms with Gasteiger partial charge in [-0.05, 0) is 32.4 Å². The van der Waals surface area contributed by atoms with Gasteiger partial charge in [-0.15, -0.1) is 11.8 Å². The van der Waals surface area contributed by atoms with Gasteiger partial charge in [0.15, 0.2) is 0 Å². The van der Waals surface area contributed by atoms with Crippen LogP contribution in [0.3, 0.4) is 0 Å². The third-order valence-electron chi connectivity index (χ3n) is 2.93. The molecule has 1 heterocycles. The van der Waals surface area contributed by atoms with Gasteiger partial charge in [0.05, 0.1) is 6.04 Å². The summed E-state index contributed by atoms with van der Waals surface area (Å²) in [5.74, 6) is 1.12. The van der Waals surface area contributed by atoms with Gasteiger partial charge < -0.3 is 21.2 Å². The highest BCUT2D eigenvalue weighted by atomic mass is 32.2. The Morgan fingerprint density at radius 2 is 2.26 bits per heavy atom.